The van der Waals surface area contributed by atoms with Gasteiger partial charge in [0.1, 0.15) is 0 Å². The SMILES string of the molecule is CC12CCCC1C1CCC3C4(C)CC=C(c5ccc(C(=O)O)cc5)C(C)(C)C4CCC3(C)[C@]1(C)CC2. The fourth-order valence-electron chi connectivity index (χ4n) is 11.8. The summed E-state index contributed by atoms with van der Waals surface area (Å²) in [5, 5.41) is 9.36. The van der Waals surface area contributed by atoms with Gasteiger partial charge in [-0.15, -0.1) is 0 Å². The molecule has 0 aliphatic heterocycles. The number of aromatic carboxylic acids is 1. The van der Waals surface area contributed by atoms with E-state index in [0.717, 1.165) is 17.8 Å². The van der Waals surface area contributed by atoms with Crippen molar-refractivity contribution in [3.05, 3.63) is 41.5 Å². The Bertz CT molecular complexity index is 1100. The molecule has 0 amide bonds. The highest BCUT2D eigenvalue weighted by Crippen LogP contribution is 2.76. The lowest BCUT2D eigenvalue weighted by Gasteiger charge is -2.72. The smallest absolute Gasteiger partial charge is 0.335 e. The zero-order valence-corrected chi connectivity index (χ0v) is 23.6. The standard InChI is InChI=1S/C34H48O2/c1-30(2)24(22-9-11-23(12-10-22)29(35)36)15-18-32(4)27(30)16-19-34(6)28(32)14-13-26-25-8-7-17-31(25,3)20-21-33(26,34)5/h9-12,15,25-28H,7-8,13-14,16-21H2,1-6H3,(H,35,36)/t25?,26?,27?,28?,31?,32?,33-,34?/m1/s1. The lowest BCUT2D eigenvalue weighted by Crippen LogP contribution is -2.64. The van der Waals surface area contributed by atoms with Crippen LogP contribution in [0.3, 0.4) is 0 Å². The molecule has 1 aromatic carbocycles. The van der Waals surface area contributed by atoms with Crippen LogP contribution in [0, 0.1) is 50.7 Å². The molecule has 36 heavy (non-hydrogen) atoms. The Morgan fingerprint density at radius 2 is 1.50 bits per heavy atom. The first-order chi connectivity index (χ1) is 16.9. The van der Waals surface area contributed by atoms with Crippen molar-refractivity contribution < 1.29 is 9.90 Å². The summed E-state index contributed by atoms with van der Waals surface area (Å²) in [5.74, 6) is 2.51. The summed E-state index contributed by atoms with van der Waals surface area (Å²) >= 11 is 0. The summed E-state index contributed by atoms with van der Waals surface area (Å²) in [7, 11) is 0. The van der Waals surface area contributed by atoms with E-state index in [-0.39, 0.29) is 5.41 Å². The fraction of sp³-hybridized carbons (Fsp3) is 0.735. The van der Waals surface area contributed by atoms with E-state index in [1.165, 1.54) is 75.3 Å². The van der Waals surface area contributed by atoms with E-state index < -0.39 is 5.97 Å². The number of fused-ring (bicyclic) bond motifs is 7. The molecule has 5 aliphatic carbocycles. The fourth-order valence-corrected chi connectivity index (χ4v) is 11.8. The number of hydrogen-bond donors (Lipinski definition) is 1. The Morgan fingerprint density at radius 1 is 0.778 bits per heavy atom. The highest BCUT2D eigenvalue weighted by molar-refractivity contribution is 5.88. The molecule has 0 bridgehead atoms. The zero-order valence-electron chi connectivity index (χ0n) is 23.6. The maximum absolute atomic E-state index is 11.4. The van der Waals surface area contributed by atoms with Crippen LogP contribution in [0.4, 0.5) is 0 Å². The van der Waals surface area contributed by atoms with Gasteiger partial charge in [-0.3, -0.25) is 0 Å². The molecule has 1 N–H and O–H groups in total. The summed E-state index contributed by atoms with van der Waals surface area (Å²) in [4.78, 5) is 11.4. The van der Waals surface area contributed by atoms with Crippen LogP contribution >= 0.6 is 0 Å². The molecule has 5 aliphatic rings. The van der Waals surface area contributed by atoms with E-state index in [4.69, 9.17) is 0 Å². The normalized spacial score (nSPS) is 47.1. The maximum Gasteiger partial charge on any atom is 0.335 e. The first-order valence-corrected chi connectivity index (χ1v) is 14.9. The average Bonchev–Trinajstić information content (AvgIpc) is 3.21. The van der Waals surface area contributed by atoms with Crippen LogP contribution < -0.4 is 0 Å². The first kappa shape index (κ1) is 24.7. The van der Waals surface area contributed by atoms with Crippen molar-refractivity contribution in [2.45, 2.75) is 106 Å². The average molecular weight is 489 g/mol. The quantitative estimate of drug-likeness (QED) is 0.450. The number of rotatable bonds is 2. The Kier molecular flexibility index (Phi) is 5.32. The summed E-state index contributed by atoms with van der Waals surface area (Å²) < 4.78 is 0. The van der Waals surface area contributed by atoms with E-state index in [1.807, 2.05) is 12.1 Å². The summed E-state index contributed by atoms with van der Waals surface area (Å²) in [6, 6.07) is 7.64. The predicted molar refractivity (Wildman–Crippen MR) is 148 cm³/mol. The molecular formula is C34H48O2. The topological polar surface area (TPSA) is 37.3 Å². The Hall–Kier alpha value is -1.57. The lowest BCUT2D eigenvalue weighted by atomic mass is 9.33. The molecule has 2 nitrogen and oxygen atoms in total. The van der Waals surface area contributed by atoms with E-state index in [1.54, 1.807) is 12.1 Å². The van der Waals surface area contributed by atoms with Gasteiger partial charge in [-0.1, -0.05) is 66.2 Å². The summed E-state index contributed by atoms with van der Waals surface area (Å²) in [6.07, 6.45) is 16.6. The summed E-state index contributed by atoms with van der Waals surface area (Å²) in [5.41, 5.74) is 5.00. The number of hydrogen-bond acceptors (Lipinski definition) is 1. The third kappa shape index (κ3) is 3.05. The molecule has 196 valence electrons. The molecule has 4 saturated carbocycles. The van der Waals surface area contributed by atoms with Crippen molar-refractivity contribution in [1.82, 2.24) is 0 Å². The van der Waals surface area contributed by atoms with Gasteiger partial charge in [0.2, 0.25) is 0 Å². The minimum Gasteiger partial charge on any atom is -0.478 e. The minimum atomic E-state index is -0.845. The van der Waals surface area contributed by atoms with Crippen LogP contribution in [0.25, 0.3) is 5.57 Å². The third-order valence-corrected chi connectivity index (χ3v) is 13.8. The van der Waals surface area contributed by atoms with Crippen molar-refractivity contribution in [3.8, 4) is 0 Å². The van der Waals surface area contributed by atoms with Gasteiger partial charge in [0.15, 0.2) is 0 Å². The number of carboxylic acid groups (broad SMARTS) is 1. The van der Waals surface area contributed by atoms with E-state index >= 15 is 0 Å². The molecule has 8 atom stereocenters. The molecule has 4 fully saturated rings. The van der Waals surface area contributed by atoms with Crippen LogP contribution in [0.5, 0.6) is 0 Å². The van der Waals surface area contributed by atoms with Gasteiger partial charge < -0.3 is 5.11 Å². The van der Waals surface area contributed by atoms with Gasteiger partial charge in [-0.25, -0.2) is 4.79 Å². The van der Waals surface area contributed by atoms with Crippen LogP contribution in [0.15, 0.2) is 30.3 Å². The van der Waals surface area contributed by atoms with Gasteiger partial charge >= 0.3 is 5.97 Å². The predicted octanol–water partition coefficient (Wildman–Crippen LogP) is 9.25. The van der Waals surface area contributed by atoms with Crippen molar-refractivity contribution in [3.63, 3.8) is 0 Å². The van der Waals surface area contributed by atoms with Crippen LogP contribution in [0.1, 0.15) is 122 Å². The molecule has 0 aromatic heterocycles. The lowest BCUT2D eigenvalue weighted by molar-refractivity contribution is -0.221. The molecule has 0 radical (unpaired) electrons. The molecule has 0 spiro atoms. The van der Waals surface area contributed by atoms with Crippen molar-refractivity contribution in [2.75, 3.05) is 0 Å². The highest BCUT2D eigenvalue weighted by atomic mass is 16.4. The highest BCUT2D eigenvalue weighted by Gasteiger charge is 2.68. The van der Waals surface area contributed by atoms with Crippen molar-refractivity contribution in [2.24, 2.45) is 50.7 Å². The second kappa shape index (κ2) is 7.73. The second-order valence-corrected chi connectivity index (χ2v) is 15.2. The number of carbonyl (C=O) groups is 1. The first-order valence-electron chi connectivity index (χ1n) is 14.9. The maximum atomic E-state index is 11.4. The monoisotopic (exact) mass is 488 g/mol. The Balaban J connectivity index is 1.35. The molecule has 1 aromatic rings. The molecule has 6 rings (SSSR count). The van der Waals surface area contributed by atoms with Gasteiger partial charge in [0, 0.05) is 0 Å². The molecule has 0 heterocycles. The van der Waals surface area contributed by atoms with E-state index in [9.17, 15) is 9.90 Å². The number of allylic oxidation sites excluding steroid dienone is 2. The van der Waals surface area contributed by atoms with E-state index in [2.05, 4.69) is 47.6 Å². The van der Waals surface area contributed by atoms with Gasteiger partial charge in [0.05, 0.1) is 5.56 Å². The molecule has 2 heteroatoms. The molecule has 0 saturated heterocycles. The van der Waals surface area contributed by atoms with Gasteiger partial charge in [-0.2, -0.15) is 0 Å². The van der Waals surface area contributed by atoms with E-state index in [0.29, 0.717) is 33.1 Å². The van der Waals surface area contributed by atoms with Crippen molar-refractivity contribution >= 4 is 11.5 Å². The zero-order chi connectivity index (χ0) is 25.7. The summed E-state index contributed by atoms with van der Waals surface area (Å²) in [6.45, 7) is 15.7. The van der Waals surface area contributed by atoms with Gasteiger partial charge in [0.25, 0.3) is 0 Å². The molecule has 7 unspecified atom stereocenters. The third-order valence-electron chi connectivity index (χ3n) is 13.8. The van der Waals surface area contributed by atoms with Crippen LogP contribution in [-0.4, -0.2) is 11.1 Å². The van der Waals surface area contributed by atoms with Crippen molar-refractivity contribution in [1.29, 1.82) is 0 Å². The van der Waals surface area contributed by atoms with Crippen LogP contribution in [-0.2, 0) is 0 Å². The Morgan fingerprint density at radius 3 is 2.19 bits per heavy atom. The number of benzene rings is 1. The molecular weight excluding hydrogens is 440 g/mol. The Labute approximate surface area is 219 Å². The van der Waals surface area contributed by atoms with Gasteiger partial charge in [-0.05, 0) is 132 Å². The second-order valence-electron chi connectivity index (χ2n) is 15.2. The largest absolute Gasteiger partial charge is 0.478 e. The minimum absolute atomic E-state index is 0.0907. The van der Waals surface area contributed by atoms with Crippen LogP contribution in [0.2, 0.25) is 0 Å². The number of carboxylic acids is 1.